The van der Waals surface area contributed by atoms with Crippen LogP contribution in [0.2, 0.25) is 0 Å². The molecule has 110 valence electrons. The second-order valence-corrected chi connectivity index (χ2v) is 6.26. The first kappa shape index (κ1) is 14.2. The highest BCUT2D eigenvalue weighted by molar-refractivity contribution is 7.99. The minimum atomic E-state index is 0.592. The number of H-pyrrole nitrogens is 1. The van der Waals surface area contributed by atoms with E-state index in [-0.39, 0.29) is 0 Å². The number of hydrogen-bond donors (Lipinski definition) is 1. The van der Waals surface area contributed by atoms with Gasteiger partial charge < -0.3 is 9.40 Å². The summed E-state index contributed by atoms with van der Waals surface area (Å²) in [5.41, 5.74) is 4.58. The van der Waals surface area contributed by atoms with E-state index in [0.29, 0.717) is 11.1 Å². The van der Waals surface area contributed by atoms with E-state index >= 15 is 0 Å². The summed E-state index contributed by atoms with van der Waals surface area (Å²) in [7, 11) is 0. The largest absolute Gasteiger partial charge is 0.411 e. The molecular weight excluding hydrogens is 282 g/mol. The number of nitrogens with one attached hydrogen (secondary N) is 1. The SMILES string of the molecule is CCCCSc1nnc(-c2ccc3[nH]c(C)c(C)c3c2)o1. The molecule has 4 nitrogen and oxygen atoms in total. The van der Waals surface area contributed by atoms with Crippen LogP contribution in [0.1, 0.15) is 31.0 Å². The standard InChI is InChI=1S/C16H19N3OS/c1-4-5-8-21-16-19-18-15(20-16)12-6-7-14-13(9-12)10(2)11(3)17-14/h6-7,9,17H,4-5,8H2,1-3H3. The predicted molar refractivity (Wildman–Crippen MR) is 86.7 cm³/mol. The van der Waals surface area contributed by atoms with Crippen molar-refractivity contribution in [3.05, 3.63) is 29.5 Å². The Morgan fingerprint density at radius 1 is 1.24 bits per heavy atom. The molecule has 3 rings (SSSR count). The van der Waals surface area contributed by atoms with E-state index in [1.165, 1.54) is 23.1 Å². The molecule has 0 unspecified atom stereocenters. The molecule has 2 aromatic heterocycles. The number of fused-ring (bicyclic) bond motifs is 1. The molecule has 0 aliphatic carbocycles. The van der Waals surface area contributed by atoms with Gasteiger partial charge in [-0.05, 0) is 44.0 Å². The molecule has 0 radical (unpaired) electrons. The summed E-state index contributed by atoms with van der Waals surface area (Å²) in [5.74, 6) is 1.61. The molecule has 5 heteroatoms. The van der Waals surface area contributed by atoms with Gasteiger partial charge in [0.2, 0.25) is 5.89 Å². The molecule has 0 saturated heterocycles. The minimum absolute atomic E-state index is 0.592. The van der Waals surface area contributed by atoms with Gasteiger partial charge in [-0.3, -0.25) is 0 Å². The predicted octanol–water partition coefficient (Wildman–Crippen LogP) is 4.73. The number of aromatic amines is 1. The van der Waals surface area contributed by atoms with Gasteiger partial charge in [0.1, 0.15) is 0 Å². The van der Waals surface area contributed by atoms with Gasteiger partial charge in [0.05, 0.1) is 0 Å². The van der Waals surface area contributed by atoms with E-state index in [0.717, 1.165) is 23.3 Å². The van der Waals surface area contributed by atoms with Crippen molar-refractivity contribution >= 4 is 22.7 Å². The Balaban J connectivity index is 1.88. The van der Waals surface area contributed by atoms with Crippen molar-refractivity contribution in [1.29, 1.82) is 0 Å². The summed E-state index contributed by atoms with van der Waals surface area (Å²) in [6.45, 7) is 6.39. The maximum atomic E-state index is 5.74. The van der Waals surface area contributed by atoms with Crippen LogP contribution >= 0.6 is 11.8 Å². The van der Waals surface area contributed by atoms with Crippen molar-refractivity contribution in [2.45, 2.75) is 38.8 Å². The number of benzene rings is 1. The fourth-order valence-electron chi connectivity index (χ4n) is 2.28. The second kappa shape index (κ2) is 5.93. The Labute approximate surface area is 128 Å². The minimum Gasteiger partial charge on any atom is -0.411 e. The Bertz CT molecular complexity index is 760. The number of rotatable bonds is 5. The molecule has 0 fully saturated rings. The van der Waals surface area contributed by atoms with E-state index in [1.807, 2.05) is 6.07 Å². The summed E-state index contributed by atoms with van der Waals surface area (Å²) >= 11 is 1.62. The molecule has 0 bridgehead atoms. The fraction of sp³-hybridized carbons (Fsp3) is 0.375. The number of aromatic nitrogens is 3. The molecule has 0 aliphatic rings. The lowest BCUT2D eigenvalue weighted by Crippen LogP contribution is -1.78. The molecule has 0 saturated carbocycles. The molecule has 1 N–H and O–H groups in total. The van der Waals surface area contributed by atoms with Crippen molar-refractivity contribution < 1.29 is 4.42 Å². The van der Waals surface area contributed by atoms with Crippen molar-refractivity contribution in [2.75, 3.05) is 5.75 Å². The lowest BCUT2D eigenvalue weighted by Gasteiger charge is -1.97. The molecule has 0 amide bonds. The molecule has 0 atom stereocenters. The summed E-state index contributed by atoms with van der Waals surface area (Å²) in [6.07, 6.45) is 2.34. The van der Waals surface area contributed by atoms with E-state index in [4.69, 9.17) is 4.42 Å². The quantitative estimate of drug-likeness (QED) is 0.547. The third-order valence-corrected chi connectivity index (χ3v) is 4.59. The summed E-state index contributed by atoms with van der Waals surface area (Å²) in [6, 6.07) is 6.20. The van der Waals surface area contributed by atoms with Gasteiger partial charge >= 0.3 is 0 Å². The van der Waals surface area contributed by atoms with Crippen molar-refractivity contribution in [1.82, 2.24) is 15.2 Å². The van der Waals surface area contributed by atoms with Gasteiger partial charge in [-0.25, -0.2) is 0 Å². The van der Waals surface area contributed by atoms with Crippen LogP contribution in [-0.4, -0.2) is 20.9 Å². The van der Waals surface area contributed by atoms with Crippen LogP contribution in [0.15, 0.2) is 27.8 Å². The highest BCUT2D eigenvalue weighted by Gasteiger charge is 2.11. The van der Waals surface area contributed by atoms with Crippen LogP contribution in [0.25, 0.3) is 22.4 Å². The Kier molecular flexibility index (Phi) is 4.01. The third kappa shape index (κ3) is 2.83. The van der Waals surface area contributed by atoms with Gasteiger partial charge in [-0.15, -0.1) is 10.2 Å². The van der Waals surface area contributed by atoms with Crippen LogP contribution in [0, 0.1) is 13.8 Å². The van der Waals surface area contributed by atoms with Crippen LogP contribution in [0.3, 0.4) is 0 Å². The highest BCUT2D eigenvalue weighted by atomic mass is 32.2. The van der Waals surface area contributed by atoms with Crippen LogP contribution in [0.5, 0.6) is 0 Å². The monoisotopic (exact) mass is 301 g/mol. The zero-order valence-electron chi connectivity index (χ0n) is 12.6. The normalized spacial score (nSPS) is 11.4. The van der Waals surface area contributed by atoms with E-state index < -0.39 is 0 Å². The molecule has 3 aromatic rings. The van der Waals surface area contributed by atoms with Crippen molar-refractivity contribution in [2.24, 2.45) is 0 Å². The molecule has 21 heavy (non-hydrogen) atoms. The number of nitrogens with zero attached hydrogens (tertiary/aromatic N) is 2. The maximum absolute atomic E-state index is 5.74. The first-order valence-corrected chi connectivity index (χ1v) is 8.23. The van der Waals surface area contributed by atoms with Crippen LogP contribution < -0.4 is 0 Å². The smallest absolute Gasteiger partial charge is 0.276 e. The van der Waals surface area contributed by atoms with Gasteiger partial charge in [-0.2, -0.15) is 0 Å². The third-order valence-electron chi connectivity index (χ3n) is 3.69. The lowest BCUT2D eigenvalue weighted by molar-refractivity contribution is 0.466. The Morgan fingerprint density at radius 2 is 2.10 bits per heavy atom. The highest BCUT2D eigenvalue weighted by Crippen LogP contribution is 2.28. The molecule has 2 heterocycles. The number of unbranched alkanes of at least 4 members (excludes halogenated alkanes) is 1. The van der Waals surface area contributed by atoms with Gasteiger partial charge in [0.25, 0.3) is 5.22 Å². The Hall–Kier alpha value is -1.75. The topological polar surface area (TPSA) is 54.7 Å². The summed E-state index contributed by atoms with van der Waals surface area (Å²) < 4.78 is 5.74. The number of thioether (sulfide) groups is 1. The van der Waals surface area contributed by atoms with E-state index in [9.17, 15) is 0 Å². The van der Waals surface area contributed by atoms with Gasteiger partial charge in [-0.1, -0.05) is 25.1 Å². The first-order valence-electron chi connectivity index (χ1n) is 7.24. The number of hydrogen-bond acceptors (Lipinski definition) is 4. The number of aryl methyl sites for hydroxylation is 2. The maximum Gasteiger partial charge on any atom is 0.276 e. The zero-order chi connectivity index (χ0) is 14.8. The summed E-state index contributed by atoms with van der Waals surface area (Å²) in [5, 5.41) is 10.1. The Morgan fingerprint density at radius 3 is 2.90 bits per heavy atom. The van der Waals surface area contributed by atoms with Crippen molar-refractivity contribution in [3.63, 3.8) is 0 Å². The van der Waals surface area contributed by atoms with Crippen LogP contribution in [0.4, 0.5) is 0 Å². The zero-order valence-corrected chi connectivity index (χ0v) is 13.4. The lowest BCUT2D eigenvalue weighted by atomic mass is 10.1. The van der Waals surface area contributed by atoms with E-state index in [2.05, 4.69) is 48.1 Å². The van der Waals surface area contributed by atoms with Crippen LogP contribution in [-0.2, 0) is 0 Å². The van der Waals surface area contributed by atoms with Gasteiger partial charge in [0.15, 0.2) is 0 Å². The molecule has 0 spiro atoms. The average Bonchev–Trinajstić information content (AvgIpc) is 3.05. The van der Waals surface area contributed by atoms with Crippen molar-refractivity contribution in [3.8, 4) is 11.5 Å². The first-order chi connectivity index (χ1) is 10.2. The fourth-order valence-corrected chi connectivity index (χ4v) is 3.13. The van der Waals surface area contributed by atoms with E-state index in [1.54, 1.807) is 11.8 Å². The molecule has 0 aliphatic heterocycles. The molecular formula is C16H19N3OS. The average molecular weight is 301 g/mol. The van der Waals surface area contributed by atoms with Gasteiger partial charge in [0, 0.05) is 27.9 Å². The second-order valence-electron chi connectivity index (χ2n) is 5.21. The molecule has 1 aromatic carbocycles. The summed E-state index contributed by atoms with van der Waals surface area (Å²) in [4.78, 5) is 3.37.